The van der Waals surface area contributed by atoms with Crippen LogP contribution in [0.15, 0.2) is 47.5 Å². The van der Waals surface area contributed by atoms with Gasteiger partial charge in [-0.15, -0.1) is 0 Å². The van der Waals surface area contributed by atoms with E-state index in [1.165, 1.54) is 44.7 Å². The smallest absolute Gasteiger partial charge is 0.434 e. The van der Waals surface area contributed by atoms with Crippen LogP contribution in [0.25, 0.3) is 10.4 Å². The first-order valence-electron chi connectivity index (χ1n) is 7.92. The number of methoxy groups -OCH3 is 2. The van der Waals surface area contributed by atoms with Crippen LogP contribution in [0.4, 0.5) is 18.3 Å². The van der Waals surface area contributed by atoms with Crippen LogP contribution in [0.5, 0.6) is 11.5 Å². The van der Waals surface area contributed by atoms with Gasteiger partial charge in [0.15, 0.2) is 5.69 Å². The first-order chi connectivity index (χ1) is 13.3. The Balaban J connectivity index is 1.99. The second-order valence-corrected chi connectivity index (χ2v) is 6.96. The fraction of sp³-hybridized carbons (Fsp3) is 0.158. The second kappa shape index (κ2) is 8.20. The molecule has 0 aliphatic rings. The summed E-state index contributed by atoms with van der Waals surface area (Å²) in [5.41, 5.74) is -0.0218. The molecule has 9 heteroatoms. The molecular weight excluding hydrogens is 413 g/mol. The fourth-order valence-corrected chi connectivity index (χ4v) is 3.47. The van der Waals surface area contributed by atoms with Crippen LogP contribution in [0.2, 0.25) is 5.02 Å². The number of aromatic nitrogens is 1. The molecule has 1 heterocycles. The van der Waals surface area contributed by atoms with Gasteiger partial charge in [0.1, 0.15) is 11.5 Å². The Kier molecular flexibility index (Phi) is 5.90. The van der Waals surface area contributed by atoms with Crippen LogP contribution in [-0.4, -0.2) is 25.4 Å². The van der Waals surface area contributed by atoms with Gasteiger partial charge in [-0.25, -0.2) is 9.98 Å². The topological polar surface area (TPSA) is 43.7 Å². The molecule has 28 heavy (non-hydrogen) atoms. The molecule has 0 N–H and O–H groups in total. The van der Waals surface area contributed by atoms with Crippen molar-refractivity contribution in [3.63, 3.8) is 0 Å². The summed E-state index contributed by atoms with van der Waals surface area (Å²) in [6.07, 6.45) is -3.19. The number of hydrogen-bond acceptors (Lipinski definition) is 5. The van der Waals surface area contributed by atoms with E-state index in [4.69, 9.17) is 21.1 Å². The highest BCUT2D eigenvalue weighted by molar-refractivity contribution is 7.18. The predicted molar refractivity (Wildman–Crippen MR) is 104 cm³/mol. The largest absolute Gasteiger partial charge is 0.497 e. The zero-order valence-corrected chi connectivity index (χ0v) is 16.3. The summed E-state index contributed by atoms with van der Waals surface area (Å²) in [7, 11) is 3.00. The maximum absolute atomic E-state index is 13.4. The minimum Gasteiger partial charge on any atom is -0.497 e. The van der Waals surface area contributed by atoms with Crippen LogP contribution >= 0.6 is 22.9 Å². The Hall–Kier alpha value is -2.58. The monoisotopic (exact) mass is 426 g/mol. The van der Waals surface area contributed by atoms with Crippen molar-refractivity contribution in [2.45, 2.75) is 6.18 Å². The Morgan fingerprint density at radius 2 is 1.79 bits per heavy atom. The number of rotatable bonds is 5. The number of nitrogens with zero attached hydrogens (tertiary/aromatic N) is 2. The molecule has 0 unspecified atom stereocenters. The van der Waals surface area contributed by atoms with Crippen molar-refractivity contribution in [1.82, 2.24) is 4.98 Å². The molecule has 0 aliphatic heterocycles. The molecule has 0 radical (unpaired) electrons. The molecule has 0 saturated heterocycles. The fourth-order valence-electron chi connectivity index (χ4n) is 2.40. The van der Waals surface area contributed by atoms with Gasteiger partial charge in [-0.3, -0.25) is 0 Å². The number of benzene rings is 2. The molecule has 146 valence electrons. The van der Waals surface area contributed by atoms with E-state index in [0.29, 0.717) is 27.6 Å². The number of thiazole rings is 1. The van der Waals surface area contributed by atoms with Gasteiger partial charge < -0.3 is 9.47 Å². The van der Waals surface area contributed by atoms with Crippen LogP contribution in [0.1, 0.15) is 11.3 Å². The highest BCUT2D eigenvalue weighted by Gasteiger charge is 2.38. The average Bonchev–Trinajstić information content (AvgIpc) is 3.11. The van der Waals surface area contributed by atoms with E-state index in [-0.39, 0.29) is 10.0 Å². The van der Waals surface area contributed by atoms with Gasteiger partial charge in [-0.2, -0.15) is 13.2 Å². The summed E-state index contributed by atoms with van der Waals surface area (Å²) in [6, 6.07) is 11.1. The average molecular weight is 427 g/mol. The highest BCUT2D eigenvalue weighted by atomic mass is 35.5. The van der Waals surface area contributed by atoms with Gasteiger partial charge in [-0.05, 0) is 29.8 Å². The van der Waals surface area contributed by atoms with Crippen LogP contribution in [0, 0.1) is 0 Å². The predicted octanol–water partition coefficient (Wildman–Crippen LogP) is 6.25. The molecule has 0 amide bonds. The summed E-state index contributed by atoms with van der Waals surface area (Å²) in [5.74, 6) is 1.07. The van der Waals surface area contributed by atoms with Crippen molar-refractivity contribution in [2.75, 3.05) is 14.2 Å². The first-order valence-corrected chi connectivity index (χ1v) is 9.11. The van der Waals surface area contributed by atoms with E-state index in [2.05, 4.69) is 9.98 Å². The van der Waals surface area contributed by atoms with Crippen molar-refractivity contribution in [3.8, 4) is 21.9 Å². The van der Waals surface area contributed by atoms with Gasteiger partial charge in [0.05, 0.1) is 19.1 Å². The van der Waals surface area contributed by atoms with Crippen LogP contribution < -0.4 is 9.47 Å². The van der Waals surface area contributed by atoms with Crippen LogP contribution in [-0.2, 0) is 6.18 Å². The standard InChI is InChI=1S/C19H14ClF3N2O2S/c1-26-14-8-5-12(15(9-14)27-2)10-24-18-25-17(19(21,22)23)16(28-18)11-3-6-13(20)7-4-11/h3-10H,1-2H3/b24-10+. The number of alkyl halides is 3. The molecule has 0 fully saturated rings. The molecule has 2 aromatic carbocycles. The number of aliphatic imine (C=N–C) groups is 1. The lowest BCUT2D eigenvalue weighted by Crippen LogP contribution is -2.06. The van der Waals surface area contributed by atoms with Crippen molar-refractivity contribution >= 4 is 34.3 Å². The normalized spacial score (nSPS) is 11.8. The molecule has 1 aromatic heterocycles. The molecular formula is C19H14ClF3N2O2S. The first kappa shape index (κ1) is 20.2. The molecule has 0 aliphatic carbocycles. The van der Waals surface area contributed by atoms with Crippen molar-refractivity contribution in [2.24, 2.45) is 4.99 Å². The SMILES string of the molecule is COc1ccc(/C=N/c2nc(C(F)(F)F)c(-c3ccc(Cl)cc3)s2)c(OC)c1. The zero-order chi connectivity index (χ0) is 20.3. The van der Waals surface area contributed by atoms with Gasteiger partial charge in [0.25, 0.3) is 0 Å². The Morgan fingerprint density at radius 1 is 1.07 bits per heavy atom. The van der Waals surface area contributed by atoms with Crippen molar-refractivity contribution in [3.05, 3.63) is 58.7 Å². The van der Waals surface area contributed by atoms with E-state index >= 15 is 0 Å². The Bertz CT molecular complexity index is 1000. The third-order valence-electron chi connectivity index (χ3n) is 3.75. The zero-order valence-electron chi connectivity index (χ0n) is 14.7. The van der Waals surface area contributed by atoms with E-state index in [9.17, 15) is 13.2 Å². The van der Waals surface area contributed by atoms with Crippen LogP contribution in [0.3, 0.4) is 0 Å². The minimum atomic E-state index is -4.60. The third-order valence-corrected chi connectivity index (χ3v) is 5.01. The van der Waals surface area contributed by atoms with Gasteiger partial charge in [-0.1, -0.05) is 35.1 Å². The minimum absolute atomic E-state index is 0.0157. The van der Waals surface area contributed by atoms with E-state index in [1.54, 1.807) is 18.2 Å². The summed E-state index contributed by atoms with van der Waals surface area (Å²) < 4.78 is 50.7. The summed E-state index contributed by atoms with van der Waals surface area (Å²) in [6.45, 7) is 0. The molecule has 3 rings (SSSR count). The molecule has 4 nitrogen and oxygen atoms in total. The van der Waals surface area contributed by atoms with E-state index in [0.717, 1.165) is 11.3 Å². The van der Waals surface area contributed by atoms with Crippen molar-refractivity contribution < 1.29 is 22.6 Å². The quantitative estimate of drug-likeness (QED) is 0.453. The number of halogens is 4. The molecule has 0 bridgehead atoms. The molecule has 0 saturated carbocycles. The van der Waals surface area contributed by atoms with Crippen molar-refractivity contribution in [1.29, 1.82) is 0 Å². The lowest BCUT2D eigenvalue weighted by Gasteiger charge is -2.06. The molecule has 0 atom stereocenters. The molecule has 3 aromatic rings. The maximum atomic E-state index is 13.4. The second-order valence-electron chi connectivity index (χ2n) is 5.54. The lowest BCUT2D eigenvalue weighted by molar-refractivity contribution is -0.140. The number of ether oxygens (including phenoxy) is 2. The van der Waals surface area contributed by atoms with Gasteiger partial charge in [0.2, 0.25) is 5.13 Å². The summed E-state index contributed by atoms with van der Waals surface area (Å²) in [5, 5.41) is 0.418. The van der Waals surface area contributed by atoms with E-state index in [1.807, 2.05) is 0 Å². The summed E-state index contributed by atoms with van der Waals surface area (Å²) >= 11 is 6.67. The Morgan fingerprint density at radius 3 is 2.39 bits per heavy atom. The lowest BCUT2D eigenvalue weighted by atomic mass is 10.1. The van der Waals surface area contributed by atoms with E-state index < -0.39 is 11.9 Å². The summed E-state index contributed by atoms with van der Waals surface area (Å²) in [4.78, 5) is 7.78. The van der Waals surface area contributed by atoms with Gasteiger partial charge >= 0.3 is 6.18 Å². The number of hydrogen-bond donors (Lipinski definition) is 0. The molecule has 0 spiro atoms. The Labute approximate surface area is 168 Å². The van der Waals surface area contributed by atoms with Gasteiger partial charge in [0, 0.05) is 22.9 Å². The highest BCUT2D eigenvalue weighted by Crippen LogP contribution is 2.43. The third kappa shape index (κ3) is 4.45. The maximum Gasteiger partial charge on any atom is 0.434 e.